The van der Waals surface area contributed by atoms with E-state index in [1.807, 2.05) is 0 Å². The first kappa shape index (κ1) is 20.1. The van der Waals surface area contributed by atoms with Crippen molar-refractivity contribution in [3.8, 4) is 5.75 Å². The molecule has 25 heavy (non-hydrogen) atoms. The van der Waals surface area contributed by atoms with E-state index in [0.29, 0.717) is 15.1 Å². The summed E-state index contributed by atoms with van der Waals surface area (Å²) in [5.41, 5.74) is 0.251. The highest BCUT2D eigenvalue weighted by molar-refractivity contribution is 7.99. The van der Waals surface area contributed by atoms with E-state index >= 15 is 0 Å². The number of methoxy groups -OCH3 is 1. The molecule has 0 amide bonds. The van der Waals surface area contributed by atoms with Crippen LogP contribution in [-0.2, 0) is 10.0 Å². The van der Waals surface area contributed by atoms with Crippen molar-refractivity contribution in [3.63, 3.8) is 0 Å². The predicted octanol–water partition coefficient (Wildman–Crippen LogP) is 4.39. The summed E-state index contributed by atoms with van der Waals surface area (Å²) in [6, 6.07) is 6.14. The second-order valence-corrected chi connectivity index (χ2v) is 8.90. The van der Waals surface area contributed by atoms with Crippen LogP contribution in [0.5, 0.6) is 5.75 Å². The molecule has 0 saturated heterocycles. The number of hydrogen-bond donors (Lipinski definition) is 0. The molecule has 0 radical (unpaired) electrons. The maximum absolute atomic E-state index is 12.4. The molecule has 2 aromatic rings. The van der Waals surface area contributed by atoms with Crippen LogP contribution in [0.1, 0.15) is 13.3 Å². The Morgan fingerprint density at radius 2 is 1.80 bits per heavy atom. The molecule has 0 N–H and O–H groups in total. The highest BCUT2D eigenvalue weighted by Gasteiger charge is 2.26. The summed E-state index contributed by atoms with van der Waals surface area (Å²) in [5, 5.41) is 9.42. The fourth-order valence-corrected chi connectivity index (χ4v) is 4.19. The molecule has 1 aromatic heterocycles. The van der Waals surface area contributed by atoms with Crippen LogP contribution >= 0.6 is 35.0 Å². The Bertz CT molecular complexity index is 843. The van der Waals surface area contributed by atoms with Crippen molar-refractivity contribution in [1.29, 1.82) is 0 Å². The zero-order valence-electron chi connectivity index (χ0n) is 13.9. The van der Waals surface area contributed by atoms with E-state index in [2.05, 4.69) is 17.1 Å². The number of benzene rings is 1. The Hall–Kier alpha value is -1.22. The smallest absolute Gasteiger partial charge is 0.237 e. The van der Waals surface area contributed by atoms with Crippen LogP contribution in [0.3, 0.4) is 0 Å². The minimum Gasteiger partial charge on any atom is -0.493 e. The van der Waals surface area contributed by atoms with Crippen molar-refractivity contribution in [2.24, 2.45) is 0 Å². The lowest BCUT2D eigenvalue weighted by Gasteiger charge is -2.23. The van der Waals surface area contributed by atoms with Crippen molar-refractivity contribution < 1.29 is 13.2 Å². The van der Waals surface area contributed by atoms with Gasteiger partial charge in [0.2, 0.25) is 15.8 Å². The van der Waals surface area contributed by atoms with Gasteiger partial charge in [-0.25, -0.2) is 12.7 Å². The summed E-state index contributed by atoms with van der Waals surface area (Å²) in [4.78, 5) is 0. The van der Waals surface area contributed by atoms with Crippen molar-refractivity contribution in [1.82, 2.24) is 10.2 Å². The maximum Gasteiger partial charge on any atom is 0.237 e. The van der Waals surface area contributed by atoms with Crippen molar-refractivity contribution >= 4 is 56.5 Å². The van der Waals surface area contributed by atoms with Crippen LogP contribution in [0, 0.1) is 0 Å². The minimum absolute atomic E-state index is 0.0455. The van der Waals surface area contributed by atoms with Gasteiger partial charge in [-0.05, 0) is 30.4 Å². The molecule has 10 heteroatoms. The average molecular weight is 422 g/mol. The highest BCUT2D eigenvalue weighted by Crippen LogP contribution is 2.37. The normalized spacial score (nSPS) is 11.4. The van der Waals surface area contributed by atoms with Gasteiger partial charge >= 0.3 is 0 Å². The van der Waals surface area contributed by atoms with Crippen molar-refractivity contribution in [3.05, 3.63) is 34.3 Å². The van der Waals surface area contributed by atoms with Gasteiger partial charge < -0.3 is 4.74 Å². The molecular weight excluding hydrogens is 405 g/mol. The van der Waals surface area contributed by atoms with Crippen LogP contribution in [-0.4, -0.2) is 37.7 Å². The largest absolute Gasteiger partial charge is 0.493 e. The first-order valence-corrected chi connectivity index (χ1v) is 10.9. The van der Waals surface area contributed by atoms with E-state index < -0.39 is 10.0 Å². The summed E-state index contributed by atoms with van der Waals surface area (Å²) in [5.74, 6) is 1.20. The fraction of sp³-hybridized carbons (Fsp3) is 0.333. The van der Waals surface area contributed by atoms with Gasteiger partial charge in [-0.3, -0.25) is 0 Å². The van der Waals surface area contributed by atoms with Gasteiger partial charge in [-0.1, -0.05) is 30.1 Å². The standard InChI is InChI=1S/C15H17Cl2N3O3S2/c1-4-5-24-14-9-13(23-2)15(19-18-14)20(25(3,21)22)12-7-10(16)6-11(17)8-12/h6-9H,4-5H2,1-3H3. The first-order chi connectivity index (χ1) is 11.8. The summed E-state index contributed by atoms with van der Waals surface area (Å²) in [7, 11) is -2.30. The predicted molar refractivity (Wildman–Crippen MR) is 103 cm³/mol. The number of hydrogen-bond acceptors (Lipinski definition) is 6. The molecule has 0 saturated carbocycles. The van der Waals surface area contributed by atoms with Crippen LogP contribution in [0.2, 0.25) is 10.0 Å². The maximum atomic E-state index is 12.4. The highest BCUT2D eigenvalue weighted by atomic mass is 35.5. The second-order valence-electron chi connectivity index (χ2n) is 5.08. The van der Waals surface area contributed by atoms with E-state index in [1.165, 1.54) is 37.1 Å². The molecule has 0 aliphatic rings. The van der Waals surface area contributed by atoms with Gasteiger partial charge in [0.25, 0.3) is 0 Å². The van der Waals surface area contributed by atoms with Gasteiger partial charge in [-0.15, -0.1) is 22.0 Å². The molecule has 0 aliphatic carbocycles. The number of sulfonamides is 1. The number of aromatic nitrogens is 2. The van der Waals surface area contributed by atoms with Crippen LogP contribution in [0.15, 0.2) is 29.3 Å². The minimum atomic E-state index is -3.74. The lowest BCUT2D eigenvalue weighted by Crippen LogP contribution is -2.26. The molecule has 0 fully saturated rings. The second kappa shape index (κ2) is 8.44. The molecule has 136 valence electrons. The Balaban J connectivity index is 2.59. The Kier molecular flexibility index (Phi) is 6.79. The third kappa shape index (κ3) is 5.13. The zero-order valence-corrected chi connectivity index (χ0v) is 17.0. The van der Waals surface area contributed by atoms with E-state index in [1.54, 1.807) is 6.07 Å². The third-order valence-electron chi connectivity index (χ3n) is 3.00. The molecule has 2 rings (SSSR count). The van der Waals surface area contributed by atoms with Crippen LogP contribution in [0.4, 0.5) is 11.5 Å². The van der Waals surface area contributed by atoms with E-state index in [4.69, 9.17) is 27.9 Å². The number of ether oxygens (including phenoxy) is 1. The molecule has 0 bridgehead atoms. The van der Waals surface area contributed by atoms with Gasteiger partial charge in [-0.2, -0.15) is 0 Å². The number of halogens is 2. The SMILES string of the molecule is CCCSc1cc(OC)c(N(c2cc(Cl)cc(Cl)c2)S(C)(=O)=O)nn1. The molecule has 0 spiro atoms. The molecule has 0 atom stereocenters. The Morgan fingerprint density at radius 1 is 1.16 bits per heavy atom. The molecule has 1 aromatic carbocycles. The van der Waals surface area contributed by atoms with Gasteiger partial charge in [0, 0.05) is 16.1 Å². The first-order valence-electron chi connectivity index (χ1n) is 7.27. The lowest BCUT2D eigenvalue weighted by molar-refractivity contribution is 0.411. The summed E-state index contributed by atoms with van der Waals surface area (Å²) < 4.78 is 31.1. The topological polar surface area (TPSA) is 72.4 Å². The molecule has 6 nitrogen and oxygen atoms in total. The van der Waals surface area contributed by atoms with Crippen molar-refractivity contribution in [2.45, 2.75) is 18.4 Å². The number of rotatable bonds is 7. The third-order valence-corrected chi connectivity index (χ3v) is 5.59. The van der Waals surface area contributed by atoms with Crippen molar-refractivity contribution in [2.75, 3.05) is 23.4 Å². The van der Waals surface area contributed by atoms with E-state index in [0.717, 1.165) is 22.7 Å². The van der Waals surface area contributed by atoms with Crippen LogP contribution in [0.25, 0.3) is 0 Å². The molecular formula is C15H17Cl2N3O3S2. The summed E-state index contributed by atoms with van der Waals surface area (Å²) >= 11 is 13.5. The average Bonchev–Trinajstić information content (AvgIpc) is 2.51. The number of anilines is 2. The van der Waals surface area contributed by atoms with Gasteiger partial charge in [0.05, 0.1) is 19.1 Å². The van der Waals surface area contributed by atoms with Gasteiger partial charge in [0.15, 0.2) is 5.75 Å². The van der Waals surface area contributed by atoms with E-state index in [-0.39, 0.29) is 17.3 Å². The Morgan fingerprint density at radius 3 is 2.32 bits per heavy atom. The number of nitrogens with zero attached hydrogens (tertiary/aromatic N) is 3. The fourth-order valence-electron chi connectivity index (χ4n) is 2.05. The zero-order chi connectivity index (χ0) is 18.6. The summed E-state index contributed by atoms with van der Waals surface area (Å²) in [6.07, 6.45) is 2.04. The van der Waals surface area contributed by atoms with Crippen LogP contribution < -0.4 is 9.04 Å². The summed E-state index contributed by atoms with van der Waals surface area (Å²) in [6.45, 7) is 2.06. The lowest BCUT2D eigenvalue weighted by atomic mass is 10.3. The molecule has 0 aliphatic heterocycles. The Labute approximate surface area is 161 Å². The van der Waals surface area contributed by atoms with Gasteiger partial charge in [0.1, 0.15) is 5.03 Å². The van der Waals surface area contributed by atoms with E-state index in [9.17, 15) is 8.42 Å². The molecule has 1 heterocycles. The monoisotopic (exact) mass is 421 g/mol. The molecule has 0 unspecified atom stereocenters. The number of thioether (sulfide) groups is 1. The quantitative estimate of drug-likeness (QED) is 0.617.